The number of sulfonamides is 1. The minimum absolute atomic E-state index is 0.0110. The van der Waals surface area contributed by atoms with E-state index in [1.54, 1.807) is 16.1 Å². The van der Waals surface area contributed by atoms with Crippen molar-refractivity contribution >= 4 is 87.6 Å². The van der Waals surface area contributed by atoms with Crippen LogP contribution in [-0.4, -0.2) is 117 Å². The Hall–Kier alpha value is -4.69. The number of halogens is 2. The van der Waals surface area contributed by atoms with Gasteiger partial charge in [-0.2, -0.15) is 0 Å². The molecule has 3 atom stereocenters. The molecule has 5 aromatic rings. The van der Waals surface area contributed by atoms with Crippen LogP contribution in [-0.2, 0) is 30.8 Å². The Morgan fingerprint density at radius 2 is 1.92 bits per heavy atom. The molecule has 1 aromatic carbocycles. The fourth-order valence-electron chi connectivity index (χ4n) is 8.00. The monoisotopic (exact) mass is 1020 g/mol. The van der Waals surface area contributed by atoms with Crippen LogP contribution >= 0.6 is 38.6 Å². The second-order valence-corrected chi connectivity index (χ2v) is 20.3. The summed E-state index contributed by atoms with van der Waals surface area (Å²) in [5.74, 6) is -1.26. The van der Waals surface area contributed by atoms with Gasteiger partial charge >= 0.3 is 5.69 Å². The number of anilines is 2. The number of nitrogens with zero attached hydrogens (tertiary/aromatic N) is 7. The maximum Gasteiger partial charge on any atom is 0.330 e. The number of H-pyrrole nitrogens is 1. The molecule has 2 saturated heterocycles. The van der Waals surface area contributed by atoms with Gasteiger partial charge in [0.25, 0.3) is 15.6 Å². The zero-order valence-electron chi connectivity index (χ0n) is 35.2. The Labute approximate surface area is 389 Å². The first-order valence-corrected chi connectivity index (χ1v) is 25.3. The van der Waals surface area contributed by atoms with E-state index in [0.717, 1.165) is 64.4 Å². The molecule has 65 heavy (non-hydrogen) atoms. The molecule has 19 nitrogen and oxygen atoms in total. The number of likely N-dealkylation sites (tertiary alicyclic amines) is 1. The second kappa shape index (κ2) is 22.2. The third-order valence-corrected chi connectivity index (χ3v) is 15.8. The predicted octanol–water partition coefficient (Wildman–Crippen LogP) is 3.97. The summed E-state index contributed by atoms with van der Waals surface area (Å²) in [6.45, 7) is 1.47. The average molecular weight is 1020 g/mol. The lowest BCUT2D eigenvalue weighted by atomic mass is 9.96. The SMILES string of the molecule is O=C(CCCCCCc1cn(C2C[C@H](n3cc(/C=C/Br)c(=O)[nH]c3=O)O[C@@H]2CO)nn1)NCCN1CCC(C(=O)Nc2nc3c(F)cc(N(CCO)S(=O)(=O)c4cccs4)cc3s2)CC1. The van der Waals surface area contributed by atoms with Crippen LogP contribution in [0.2, 0.25) is 0 Å². The lowest BCUT2D eigenvalue weighted by Gasteiger charge is -2.31. The summed E-state index contributed by atoms with van der Waals surface area (Å²) in [4.78, 5) is 60.7. The van der Waals surface area contributed by atoms with Gasteiger partial charge in [0, 0.05) is 50.3 Å². The van der Waals surface area contributed by atoms with Crippen LogP contribution < -0.4 is 26.2 Å². The number of amides is 2. The van der Waals surface area contributed by atoms with Crippen molar-refractivity contribution in [1.29, 1.82) is 0 Å². The number of unbranched alkanes of at least 4 members (excludes halogenated alkanes) is 3. The van der Waals surface area contributed by atoms with Gasteiger partial charge in [-0.1, -0.05) is 51.4 Å². The summed E-state index contributed by atoms with van der Waals surface area (Å²) in [6.07, 6.45) is 9.45. The van der Waals surface area contributed by atoms with Crippen LogP contribution in [0, 0.1) is 11.7 Å². The summed E-state index contributed by atoms with van der Waals surface area (Å²) in [6, 6.07) is 5.23. The quantitative estimate of drug-likeness (QED) is 0.0654. The molecule has 0 bridgehead atoms. The van der Waals surface area contributed by atoms with Gasteiger partial charge < -0.3 is 30.5 Å². The number of aliphatic hydroxyl groups is 2. The first-order valence-electron chi connectivity index (χ1n) is 21.2. The fraction of sp³-hybridized carbons (Fsp3) is 0.488. The van der Waals surface area contributed by atoms with Gasteiger partial charge in [-0.25, -0.2) is 27.3 Å². The lowest BCUT2D eigenvalue weighted by molar-refractivity contribution is -0.121. The number of aliphatic hydroxyl groups excluding tert-OH is 2. The third-order valence-electron chi connectivity index (χ3n) is 11.4. The smallest absolute Gasteiger partial charge is 0.330 e. The highest BCUT2D eigenvalue weighted by atomic mass is 79.9. The van der Waals surface area contributed by atoms with Crippen LogP contribution in [0.25, 0.3) is 16.3 Å². The van der Waals surface area contributed by atoms with Gasteiger partial charge in [0.1, 0.15) is 22.1 Å². The summed E-state index contributed by atoms with van der Waals surface area (Å²) >= 11 is 5.21. The first kappa shape index (κ1) is 48.2. The molecule has 2 amide bonds. The van der Waals surface area contributed by atoms with Gasteiger partial charge in [0.2, 0.25) is 11.8 Å². The van der Waals surface area contributed by atoms with E-state index in [1.807, 2.05) is 6.20 Å². The van der Waals surface area contributed by atoms with Crippen molar-refractivity contribution in [2.24, 2.45) is 5.92 Å². The number of aromatic amines is 1. The number of ether oxygens (including phenoxy) is 1. The highest BCUT2D eigenvalue weighted by Gasteiger charge is 2.38. The van der Waals surface area contributed by atoms with Crippen molar-refractivity contribution in [3.05, 3.63) is 84.9 Å². The summed E-state index contributed by atoms with van der Waals surface area (Å²) in [5.41, 5.74) is -0.0137. The molecular weight excluding hydrogens is 972 g/mol. The van der Waals surface area contributed by atoms with Gasteiger partial charge in [-0.05, 0) is 73.8 Å². The van der Waals surface area contributed by atoms with Crippen LogP contribution in [0.1, 0.15) is 74.9 Å². The van der Waals surface area contributed by atoms with Gasteiger partial charge in [0.15, 0.2) is 10.9 Å². The zero-order valence-corrected chi connectivity index (χ0v) is 39.2. The van der Waals surface area contributed by atoms with Crippen molar-refractivity contribution in [1.82, 2.24) is 39.7 Å². The van der Waals surface area contributed by atoms with Gasteiger partial charge in [0.05, 0.1) is 47.4 Å². The minimum Gasteiger partial charge on any atom is -0.394 e. The second-order valence-electron chi connectivity index (χ2n) is 15.7. The van der Waals surface area contributed by atoms with Crippen molar-refractivity contribution < 1.29 is 37.3 Å². The number of piperidine rings is 1. The summed E-state index contributed by atoms with van der Waals surface area (Å²) in [5, 5.41) is 35.8. The number of carbonyl (C=O) groups is 2. The Balaban J connectivity index is 0.775. The molecule has 350 valence electrons. The van der Waals surface area contributed by atoms with E-state index in [1.165, 1.54) is 34.0 Å². The van der Waals surface area contributed by atoms with Crippen molar-refractivity contribution in [2.45, 2.75) is 80.4 Å². The van der Waals surface area contributed by atoms with Gasteiger partial charge in [-0.3, -0.25) is 28.2 Å². The van der Waals surface area contributed by atoms with Crippen LogP contribution in [0.3, 0.4) is 0 Å². The molecule has 0 aliphatic carbocycles. The molecule has 1 unspecified atom stereocenters. The number of hydrogen-bond donors (Lipinski definition) is 5. The molecule has 5 N–H and O–H groups in total. The zero-order chi connectivity index (χ0) is 46.1. The lowest BCUT2D eigenvalue weighted by Crippen LogP contribution is -2.41. The number of hydrogen-bond acceptors (Lipinski definition) is 15. The normalized spacial score (nSPS) is 18.5. The van der Waals surface area contributed by atoms with E-state index >= 15 is 4.39 Å². The Morgan fingerprint density at radius 1 is 1.12 bits per heavy atom. The molecule has 24 heteroatoms. The van der Waals surface area contributed by atoms with Crippen LogP contribution in [0.15, 0.2) is 60.8 Å². The Morgan fingerprint density at radius 3 is 2.66 bits per heavy atom. The number of thiophene rings is 1. The fourth-order valence-corrected chi connectivity index (χ4v) is 11.7. The number of aromatic nitrogens is 6. The van der Waals surface area contributed by atoms with E-state index in [0.29, 0.717) is 63.0 Å². The summed E-state index contributed by atoms with van der Waals surface area (Å²) in [7, 11) is -4.03. The van der Waals surface area contributed by atoms with E-state index in [4.69, 9.17) is 4.74 Å². The molecule has 2 fully saturated rings. The Bertz CT molecular complexity index is 2680. The van der Waals surface area contributed by atoms with Crippen molar-refractivity contribution in [2.75, 3.05) is 55.6 Å². The van der Waals surface area contributed by atoms with Crippen LogP contribution in [0.4, 0.5) is 15.2 Å². The third kappa shape index (κ3) is 11.8. The number of aryl methyl sites for hydroxylation is 1. The molecular formula is C41H50BrFN10O9S3. The van der Waals surface area contributed by atoms with Crippen LogP contribution in [0.5, 0.6) is 0 Å². The van der Waals surface area contributed by atoms with E-state index in [-0.39, 0.29) is 63.0 Å². The van der Waals surface area contributed by atoms with Gasteiger partial charge in [-0.15, -0.1) is 16.4 Å². The molecule has 2 aliphatic heterocycles. The maximum atomic E-state index is 15.3. The number of thiazole rings is 1. The van der Waals surface area contributed by atoms with Crippen molar-refractivity contribution in [3.63, 3.8) is 0 Å². The van der Waals surface area contributed by atoms with E-state index < -0.39 is 46.0 Å². The Kier molecular flexibility index (Phi) is 16.5. The highest BCUT2D eigenvalue weighted by Crippen LogP contribution is 2.37. The molecule has 4 aromatic heterocycles. The number of fused-ring (bicyclic) bond motifs is 1. The first-order chi connectivity index (χ1) is 31.4. The van der Waals surface area contributed by atoms with E-state index in [9.17, 15) is 37.8 Å². The largest absolute Gasteiger partial charge is 0.394 e. The highest BCUT2D eigenvalue weighted by molar-refractivity contribution is 9.11. The molecule has 2 aliphatic rings. The molecule has 7 rings (SSSR count). The number of benzene rings is 1. The van der Waals surface area contributed by atoms with Crippen molar-refractivity contribution in [3.8, 4) is 0 Å². The van der Waals surface area contributed by atoms with E-state index in [2.05, 4.69) is 51.7 Å². The average Bonchev–Trinajstić information content (AvgIpc) is 4.13. The minimum atomic E-state index is -4.03. The maximum absolute atomic E-state index is 15.3. The molecule has 6 heterocycles. The molecule has 0 spiro atoms. The molecule has 0 saturated carbocycles. The number of carbonyl (C=O) groups excluding carboxylic acids is 2. The topological polar surface area (TPSA) is 247 Å². The standard InChI is InChI=1S/C41H50BrFN10O9S3/c42-12-9-27-23-51(41(59)47-39(27)58)35-22-31(32(25-55)62-35)52-24-28(48-49-52)6-3-1-2-4-7-34(56)44-13-16-50-14-10-26(11-15-50)38(57)46-40-45-37-30(43)20-29(21-33(37)64-40)53(17-18-54)65(60,61)36-8-5-19-63-36/h5,8-9,12,19-21,23-24,26,31-32,35,54-55H,1-4,6-7,10-11,13-18,22,25H2,(H,44,56)(H,45,46,57)(H,47,58,59)/b12-9+/t31?,32-,35-/m1/s1. The predicted molar refractivity (Wildman–Crippen MR) is 247 cm³/mol. The molecule has 0 radical (unpaired) electrons. The number of rotatable bonds is 21. The number of nitrogens with one attached hydrogen (secondary N) is 3. The summed E-state index contributed by atoms with van der Waals surface area (Å²) < 4.78 is 52.1.